The first kappa shape index (κ1) is 10.0. The van der Waals surface area contributed by atoms with E-state index in [0.29, 0.717) is 17.6 Å². The van der Waals surface area contributed by atoms with Gasteiger partial charge in [-0.25, -0.2) is 0 Å². The first-order chi connectivity index (χ1) is 7.20. The van der Waals surface area contributed by atoms with Crippen LogP contribution in [0.25, 0.3) is 0 Å². The largest absolute Gasteiger partial charge is 0.489 e. The zero-order chi connectivity index (χ0) is 10.8. The summed E-state index contributed by atoms with van der Waals surface area (Å²) in [6.07, 6.45) is 2.59. The topological polar surface area (TPSA) is 33.0 Å². The van der Waals surface area contributed by atoms with E-state index in [9.17, 15) is 0 Å². The molecule has 0 bridgehead atoms. The van der Waals surface area contributed by atoms with Crippen LogP contribution in [0, 0.1) is 11.3 Å². The summed E-state index contributed by atoms with van der Waals surface area (Å²) in [6.45, 7) is 4.25. The molecule has 1 saturated carbocycles. The Labute approximate surface area is 90.5 Å². The molecule has 1 fully saturated rings. The highest BCUT2D eigenvalue weighted by atomic mass is 16.5. The number of nitrogens with zero attached hydrogens (tertiary/aromatic N) is 1. The fraction of sp³-hybridized carbons (Fsp3) is 0.462. The van der Waals surface area contributed by atoms with Crippen molar-refractivity contribution in [3.05, 3.63) is 29.3 Å². The standard InChI is InChI=1S/C13H15NO/c1-9(2)10-3-6-13(11(7-10)8-14)15-12-4-5-12/h3,6-7,9,12H,4-5H2,1-2H3. The fourth-order valence-corrected chi connectivity index (χ4v) is 1.46. The van der Waals surface area contributed by atoms with Gasteiger partial charge in [-0.1, -0.05) is 19.9 Å². The summed E-state index contributed by atoms with van der Waals surface area (Å²) < 4.78 is 5.66. The van der Waals surface area contributed by atoms with Crippen LogP contribution < -0.4 is 4.74 Å². The number of ether oxygens (including phenoxy) is 1. The van der Waals surface area contributed by atoms with Crippen molar-refractivity contribution in [1.29, 1.82) is 5.26 Å². The smallest absolute Gasteiger partial charge is 0.137 e. The first-order valence-electron chi connectivity index (χ1n) is 5.41. The maximum atomic E-state index is 9.03. The van der Waals surface area contributed by atoms with Crippen molar-refractivity contribution in [3.8, 4) is 11.8 Å². The van der Waals surface area contributed by atoms with Crippen molar-refractivity contribution in [2.24, 2.45) is 0 Å². The van der Waals surface area contributed by atoms with Crippen LogP contribution in [0.5, 0.6) is 5.75 Å². The molecule has 0 aromatic heterocycles. The summed E-state index contributed by atoms with van der Waals surface area (Å²) >= 11 is 0. The zero-order valence-electron chi connectivity index (χ0n) is 9.16. The van der Waals surface area contributed by atoms with E-state index < -0.39 is 0 Å². The van der Waals surface area contributed by atoms with Crippen molar-refractivity contribution in [2.45, 2.75) is 38.7 Å². The van der Waals surface area contributed by atoms with Crippen LogP contribution in [-0.2, 0) is 0 Å². The Morgan fingerprint density at radius 1 is 1.40 bits per heavy atom. The van der Waals surface area contributed by atoms with Crippen molar-refractivity contribution in [2.75, 3.05) is 0 Å². The molecule has 15 heavy (non-hydrogen) atoms. The molecule has 0 unspecified atom stereocenters. The molecule has 2 heteroatoms. The fourth-order valence-electron chi connectivity index (χ4n) is 1.46. The minimum absolute atomic E-state index is 0.349. The molecule has 0 atom stereocenters. The van der Waals surface area contributed by atoms with Gasteiger partial charge in [0.15, 0.2) is 0 Å². The Hall–Kier alpha value is -1.49. The van der Waals surface area contributed by atoms with Crippen LogP contribution in [0.4, 0.5) is 0 Å². The van der Waals surface area contributed by atoms with Crippen LogP contribution in [0.15, 0.2) is 18.2 Å². The molecule has 2 nitrogen and oxygen atoms in total. The van der Waals surface area contributed by atoms with Gasteiger partial charge in [0.25, 0.3) is 0 Å². The first-order valence-corrected chi connectivity index (χ1v) is 5.41. The molecule has 78 valence electrons. The monoisotopic (exact) mass is 201 g/mol. The molecule has 0 amide bonds. The molecule has 0 saturated heterocycles. The maximum Gasteiger partial charge on any atom is 0.137 e. The molecule has 0 aliphatic heterocycles. The minimum atomic E-state index is 0.349. The van der Waals surface area contributed by atoms with Gasteiger partial charge in [0.1, 0.15) is 11.8 Å². The van der Waals surface area contributed by atoms with Crippen molar-refractivity contribution >= 4 is 0 Å². The summed E-state index contributed by atoms with van der Waals surface area (Å²) in [7, 11) is 0. The quantitative estimate of drug-likeness (QED) is 0.752. The van der Waals surface area contributed by atoms with Crippen molar-refractivity contribution < 1.29 is 4.74 Å². The molecule has 0 radical (unpaired) electrons. The molecular weight excluding hydrogens is 186 g/mol. The van der Waals surface area contributed by atoms with Gasteiger partial charge in [0, 0.05) is 0 Å². The summed E-state index contributed by atoms with van der Waals surface area (Å²) in [5.74, 6) is 1.19. The molecular formula is C13H15NO. The summed E-state index contributed by atoms with van der Waals surface area (Å²) in [5.41, 5.74) is 1.85. The third kappa shape index (κ3) is 2.30. The van der Waals surface area contributed by atoms with E-state index in [2.05, 4.69) is 19.9 Å². The van der Waals surface area contributed by atoms with Crippen LogP contribution >= 0.6 is 0 Å². The molecule has 1 aliphatic rings. The highest BCUT2D eigenvalue weighted by molar-refractivity contribution is 5.46. The highest BCUT2D eigenvalue weighted by Gasteiger charge is 2.24. The molecule has 0 N–H and O–H groups in total. The maximum absolute atomic E-state index is 9.03. The molecule has 0 heterocycles. The lowest BCUT2D eigenvalue weighted by Gasteiger charge is -2.10. The van der Waals surface area contributed by atoms with Gasteiger partial charge in [-0.2, -0.15) is 5.26 Å². The number of nitriles is 1. The Kier molecular flexibility index (Phi) is 2.64. The van der Waals surface area contributed by atoms with Crippen LogP contribution in [0.2, 0.25) is 0 Å². The Balaban J connectivity index is 2.26. The Bertz CT molecular complexity index is 399. The van der Waals surface area contributed by atoms with E-state index in [1.807, 2.05) is 18.2 Å². The van der Waals surface area contributed by atoms with Gasteiger partial charge >= 0.3 is 0 Å². The summed E-state index contributed by atoms with van der Waals surface area (Å²) in [4.78, 5) is 0. The molecule has 1 aliphatic carbocycles. The van der Waals surface area contributed by atoms with Gasteiger partial charge in [-0.05, 0) is 36.5 Å². The second kappa shape index (κ2) is 3.94. The summed E-state index contributed by atoms with van der Waals surface area (Å²) in [5, 5.41) is 9.03. The van der Waals surface area contributed by atoms with E-state index in [1.54, 1.807) is 0 Å². The third-order valence-corrected chi connectivity index (χ3v) is 2.61. The van der Waals surface area contributed by atoms with Gasteiger partial charge < -0.3 is 4.74 Å². The number of benzene rings is 1. The Morgan fingerprint density at radius 2 is 2.13 bits per heavy atom. The second-order valence-corrected chi connectivity index (χ2v) is 4.34. The van der Waals surface area contributed by atoms with E-state index in [0.717, 1.165) is 18.6 Å². The van der Waals surface area contributed by atoms with E-state index in [-0.39, 0.29) is 0 Å². The van der Waals surface area contributed by atoms with Crippen LogP contribution in [-0.4, -0.2) is 6.10 Å². The summed E-state index contributed by atoms with van der Waals surface area (Å²) in [6, 6.07) is 8.10. The average molecular weight is 201 g/mol. The predicted octanol–water partition coefficient (Wildman–Crippen LogP) is 3.22. The van der Waals surface area contributed by atoms with Gasteiger partial charge in [0.05, 0.1) is 11.7 Å². The lowest BCUT2D eigenvalue weighted by molar-refractivity contribution is 0.302. The van der Waals surface area contributed by atoms with Crippen LogP contribution in [0.3, 0.4) is 0 Å². The van der Waals surface area contributed by atoms with Crippen LogP contribution in [0.1, 0.15) is 43.7 Å². The van der Waals surface area contributed by atoms with Gasteiger partial charge in [-0.3, -0.25) is 0 Å². The van der Waals surface area contributed by atoms with E-state index in [4.69, 9.17) is 10.00 Å². The average Bonchev–Trinajstić information content (AvgIpc) is 3.02. The van der Waals surface area contributed by atoms with Crippen molar-refractivity contribution in [3.63, 3.8) is 0 Å². The second-order valence-electron chi connectivity index (χ2n) is 4.34. The zero-order valence-corrected chi connectivity index (χ0v) is 9.16. The Morgan fingerprint density at radius 3 is 2.67 bits per heavy atom. The molecule has 1 aromatic carbocycles. The molecule has 2 rings (SSSR count). The number of rotatable bonds is 3. The van der Waals surface area contributed by atoms with Crippen molar-refractivity contribution in [1.82, 2.24) is 0 Å². The lowest BCUT2D eigenvalue weighted by Crippen LogP contribution is -1.99. The lowest BCUT2D eigenvalue weighted by atomic mass is 10.0. The predicted molar refractivity (Wildman–Crippen MR) is 58.9 cm³/mol. The van der Waals surface area contributed by atoms with E-state index in [1.165, 1.54) is 5.56 Å². The molecule has 0 spiro atoms. The normalized spacial score (nSPS) is 15.1. The minimum Gasteiger partial charge on any atom is -0.489 e. The number of hydrogen-bond donors (Lipinski definition) is 0. The van der Waals surface area contributed by atoms with Gasteiger partial charge in [0.2, 0.25) is 0 Å². The molecule has 1 aromatic rings. The highest BCUT2D eigenvalue weighted by Crippen LogP contribution is 2.30. The third-order valence-electron chi connectivity index (χ3n) is 2.61. The SMILES string of the molecule is CC(C)c1ccc(OC2CC2)c(C#N)c1. The number of hydrogen-bond acceptors (Lipinski definition) is 2. The van der Waals surface area contributed by atoms with E-state index >= 15 is 0 Å². The van der Waals surface area contributed by atoms with Gasteiger partial charge in [-0.15, -0.1) is 0 Å².